The molecule has 2 heterocycles. The Bertz CT molecular complexity index is 756. The van der Waals surface area contributed by atoms with E-state index in [1.54, 1.807) is 6.07 Å². The Balaban J connectivity index is 1.55. The zero-order chi connectivity index (χ0) is 14.7. The number of fused-ring (bicyclic) bond motifs is 1. The summed E-state index contributed by atoms with van der Waals surface area (Å²) >= 11 is 5.65. The van der Waals surface area contributed by atoms with Crippen molar-refractivity contribution < 1.29 is 4.39 Å². The first-order valence-corrected chi connectivity index (χ1v) is 7.05. The molecule has 2 aromatic heterocycles. The third-order valence-corrected chi connectivity index (χ3v) is 3.53. The lowest BCUT2D eigenvalue weighted by molar-refractivity contribution is 0.619. The van der Waals surface area contributed by atoms with Crippen LogP contribution < -0.4 is 5.32 Å². The minimum atomic E-state index is -0.389. The summed E-state index contributed by atoms with van der Waals surface area (Å²) in [6.45, 7) is 1.32. The first kappa shape index (κ1) is 14.0. The molecule has 108 valence electrons. The Morgan fingerprint density at radius 1 is 1.19 bits per heavy atom. The van der Waals surface area contributed by atoms with Gasteiger partial charge in [0.15, 0.2) is 5.65 Å². The third-order valence-electron chi connectivity index (χ3n) is 3.22. The van der Waals surface area contributed by atoms with Crippen molar-refractivity contribution in [3.63, 3.8) is 0 Å². The largest absolute Gasteiger partial charge is 0.312 e. The van der Waals surface area contributed by atoms with Gasteiger partial charge in [-0.25, -0.2) is 4.39 Å². The Morgan fingerprint density at radius 3 is 2.95 bits per heavy atom. The summed E-state index contributed by atoms with van der Waals surface area (Å²) in [6, 6.07) is 10.6. The molecule has 0 amide bonds. The Morgan fingerprint density at radius 2 is 2.10 bits per heavy atom. The number of hydrogen-bond acceptors (Lipinski definition) is 3. The third kappa shape index (κ3) is 3.20. The van der Waals surface area contributed by atoms with Gasteiger partial charge in [-0.3, -0.25) is 4.40 Å². The van der Waals surface area contributed by atoms with E-state index in [9.17, 15) is 4.39 Å². The molecule has 6 heteroatoms. The Labute approximate surface area is 126 Å². The summed E-state index contributed by atoms with van der Waals surface area (Å²) in [5.41, 5.74) is 1.70. The van der Waals surface area contributed by atoms with Crippen LogP contribution in [0, 0.1) is 5.82 Å². The van der Waals surface area contributed by atoms with Crippen LogP contribution in [-0.2, 0) is 13.0 Å². The fraction of sp³-hybridized carbons (Fsp3) is 0.200. The Kier molecular flexibility index (Phi) is 4.13. The summed E-state index contributed by atoms with van der Waals surface area (Å²) in [7, 11) is 0. The average molecular weight is 305 g/mol. The van der Waals surface area contributed by atoms with Crippen molar-refractivity contribution in [1.29, 1.82) is 0 Å². The van der Waals surface area contributed by atoms with Gasteiger partial charge in [0.25, 0.3) is 0 Å². The smallest absolute Gasteiger partial charge is 0.160 e. The molecule has 0 spiro atoms. The predicted octanol–water partition coefficient (Wildman–Crippen LogP) is 2.85. The average Bonchev–Trinajstić information content (AvgIpc) is 2.91. The van der Waals surface area contributed by atoms with Crippen LogP contribution >= 0.6 is 11.6 Å². The lowest BCUT2D eigenvalue weighted by atomic mass is 10.2. The van der Waals surface area contributed by atoms with E-state index in [4.69, 9.17) is 11.6 Å². The van der Waals surface area contributed by atoms with Crippen molar-refractivity contribution in [1.82, 2.24) is 19.9 Å². The van der Waals surface area contributed by atoms with E-state index in [-0.39, 0.29) is 10.8 Å². The molecule has 3 aromatic rings. The second-order valence-corrected chi connectivity index (χ2v) is 5.13. The normalized spacial score (nSPS) is 11.1. The fourth-order valence-corrected chi connectivity index (χ4v) is 2.26. The summed E-state index contributed by atoms with van der Waals surface area (Å²) in [5.74, 6) is 0.514. The minimum Gasteiger partial charge on any atom is -0.312 e. The highest BCUT2D eigenvalue weighted by atomic mass is 35.5. The lowest BCUT2D eigenvalue weighted by Crippen LogP contribution is -2.17. The summed E-state index contributed by atoms with van der Waals surface area (Å²) in [5, 5.41) is 11.7. The van der Waals surface area contributed by atoms with Gasteiger partial charge in [0, 0.05) is 25.7 Å². The highest BCUT2D eigenvalue weighted by molar-refractivity contribution is 6.30. The number of nitrogens with zero attached hydrogens (tertiary/aromatic N) is 3. The van der Waals surface area contributed by atoms with Crippen molar-refractivity contribution in [2.75, 3.05) is 6.54 Å². The van der Waals surface area contributed by atoms with E-state index in [2.05, 4.69) is 15.5 Å². The maximum Gasteiger partial charge on any atom is 0.160 e. The van der Waals surface area contributed by atoms with E-state index in [1.807, 2.05) is 34.9 Å². The van der Waals surface area contributed by atoms with Crippen LogP contribution in [-0.4, -0.2) is 21.1 Å². The molecule has 4 nitrogen and oxygen atoms in total. The standard InChI is InChI=1S/C15H14ClFN4/c16-12-5-4-11(9-13(12)17)10-18-7-6-15-20-19-14-3-1-2-8-21(14)15/h1-5,8-9,18H,6-7,10H2. The first-order chi connectivity index (χ1) is 10.2. The van der Waals surface area contributed by atoms with Gasteiger partial charge in [-0.15, -0.1) is 10.2 Å². The number of aromatic nitrogens is 3. The quantitative estimate of drug-likeness (QED) is 0.737. The van der Waals surface area contributed by atoms with Crippen molar-refractivity contribution in [3.05, 3.63) is 64.8 Å². The summed E-state index contributed by atoms with van der Waals surface area (Å²) < 4.78 is 15.3. The van der Waals surface area contributed by atoms with Gasteiger partial charge in [-0.2, -0.15) is 0 Å². The molecule has 0 aliphatic rings. The summed E-state index contributed by atoms with van der Waals surface area (Å²) in [6.07, 6.45) is 2.69. The van der Waals surface area contributed by atoms with Gasteiger partial charge in [0.05, 0.1) is 5.02 Å². The number of halogens is 2. The number of nitrogens with one attached hydrogen (secondary N) is 1. The van der Waals surface area contributed by atoms with Gasteiger partial charge in [0.1, 0.15) is 11.6 Å². The van der Waals surface area contributed by atoms with Gasteiger partial charge < -0.3 is 5.32 Å². The van der Waals surface area contributed by atoms with Crippen LogP contribution in [0.2, 0.25) is 5.02 Å². The second kappa shape index (κ2) is 6.20. The molecule has 0 aliphatic heterocycles. The van der Waals surface area contributed by atoms with E-state index >= 15 is 0 Å². The van der Waals surface area contributed by atoms with E-state index in [0.717, 1.165) is 30.0 Å². The predicted molar refractivity (Wildman–Crippen MR) is 79.8 cm³/mol. The molecule has 0 atom stereocenters. The van der Waals surface area contributed by atoms with Gasteiger partial charge in [-0.1, -0.05) is 23.7 Å². The fourth-order valence-electron chi connectivity index (χ4n) is 2.14. The topological polar surface area (TPSA) is 42.2 Å². The van der Waals surface area contributed by atoms with Gasteiger partial charge >= 0.3 is 0 Å². The molecule has 3 rings (SSSR count). The Hall–Kier alpha value is -1.98. The molecule has 0 aliphatic carbocycles. The van der Waals surface area contributed by atoms with Crippen molar-refractivity contribution in [2.45, 2.75) is 13.0 Å². The maximum atomic E-state index is 13.3. The van der Waals surface area contributed by atoms with Crippen LogP contribution in [0.15, 0.2) is 42.6 Å². The number of hydrogen-bond donors (Lipinski definition) is 1. The second-order valence-electron chi connectivity index (χ2n) is 4.72. The van der Waals surface area contributed by atoms with E-state index in [1.165, 1.54) is 6.07 Å². The number of benzene rings is 1. The molecule has 0 bridgehead atoms. The number of pyridine rings is 1. The minimum absolute atomic E-state index is 0.147. The molecule has 1 aromatic carbocycles. The van der Waals surface area contributed by atoms with Crippen molar-refractivity contribution >= 4 is 17.2 Å². The molecular weight excluding hydrogens is 291 g/mol. The molecule has 0 saturated carbocycles. The van der Waals surface area contributed by atoms with Crippen molar-refractivity contribution in [3.8, 4) is 0 Å². The van der Waals surface area contributed by atoms with Crippen LogP contribution in [0.1, 0.15) is 11.4 Å². The summed E-state index contributed by atoms with van der Waals surface area (Å²) in [4.78, 5) is 0. The maximum absolute atomic E-state index is 13.3. The van der Waals surface area contributed by atoms with Crippen LogP contribution in [0.3, 0.4) is 0 Å². The molecule has 0 saturated heterocycles. The first-order valence-electron chi connectivity index (χ1n) is 6.67. The van der Waals surface area contributed by atoms with E-state index < -0.39 is 0 Å². The van der Waals surface area contributed by atoms with Crippen LogP contribution in [0.5, 0.6) is 0 Å². The molecule has 0 fully saturated rings. The monoisotopic (exact) mass is 304 g/mol. The highest BCUT2D eigenvalue weighted by Crippen LogP contribution is 2.15. The molecule has 1 N–H and O–H groups in total. The van der Waals surface area contributed by atoms with Gasteiger partial charge in [0.2, 0.25) is 0 Å². The lowest BCUT2D eigenvalue weighted by Gasteiger charge is -2.05. The SMILES string of the molecule is Fc1cc(CNCCc2nnc3ccccn23)ccc1Cl. The van der Waals surface area contributed by atoms with Crippen LogP contribution in [0.4, 0.5) is 4.39 Å². The zero-order valence-electron chi connectivity index (χ0n) is 11.3. The van der Waals surface area contributed by atoms with Crippen molar-refractivity contribution in [2.24, 2.45) is 0 Å². The van der Waals surface area contributed by atoms with E-state index in [0.29, 0.717) is 6.54 Å². The van der Waals surface area contributed by atoms with Crippen LogP contribution in [0.25, 0.3) is 5.65 Å². The zero-order valence-corrected chi connectivity index (χ0v) is 12.0. The van der Waals surface area contributed by atoms with Gasteiger partial charge in [-0.05, 0) is 29.8 Å². The molecular formula is C15H14ClFN4. The molecule has 0 unspecified atom stereocenters. The highest BCUT2D eigenvalue weighted by Gasteiger charge is 2.04. The molecule has 21 heavy (non-hydrogen) atoms. The number of rotatable bonds is 5. The molecule has 0 radical (unpaired) electrons.